The summed E-state index contributed by atoms with van der Waals surface area (Å²) in [6, 6.07) is 6.56. The Morgan fingerprint density at radius 1 is 0.700 bits per heavy atom. The van der Waals surface area contributed by atoms with Gasteiger partial charge in [0.05, 0.1) is 0 Å². The van der Waals surface area contributed by atoms with E-state index in [1.165, 1.54) is 16.7 Å². The van der Waals surface area contributed by atoms with E-state index in [2.05, 4.69) is 39.0 Å². The fourth-order valence-electron chi connectivity index (χ4n) is 1.20. The lowest BCUT2D eigenvalue weighted by atomic mass is 10.1. The highest BCUT2D eigenvalue weighted by Gasteiger charge is 1.87. The van der Waals surface area contributed by atoms with Crippen LogP contribution in [0, 0.1) is 20.8 Å². The lowest BCUT2D eigenvalue weighted by molar-refractivity contribution is 1.11. The standard InChI is InChI=1S/C9H12.FH/c1-7-4-8(2)6-9(3)5-7;/h4-6H,1-3H3;1H. The molecule has 1 aromatic rings. The summed E-state index contributed by atoms with van der Waals surface area (Å²) in [6.07, 6.45) is 0. The molecule has 0 aliphatic rings. The van der Waals surface area contributed by atoms with Crippen LogP contribution >= 0.6 is 0 Å². The lowest BCUT2D eigenvalue weighted by Gasteiger charge is -1.96. The van der Waals surface area contributed by atoms with Gasteiger partial charge in [0.2, 0.25) is 0 Å². The number of aryl methyl sites for hydroxylation is 3. The quantitative estimate of drug-likeness (QED) is 0.519. The van der Waals surface area contributed by atoms with Crippen LogP contribution in [0.4, 0.5) is 4.70 Å². The van der Waals surface area contributed by atoms with Crippen LogP contribution in [-0.4, -0.2) is 0 Å². The predicted molar refractivity (Wildman–Crippen MR) is 43.2 cm³/mol. The van der Waals surface area contributed by atoms with Crippen molar-refractivity contribution in [1.29, 1.82) is 0 Å². The van der Waals surface area contributed by atoms with E-state index >= 15 is 0 Å². The second kappa shape index (κ2) is 3.35. The van der Waals surface area contributed by atoms with E-state index < -0.39 is 0 Å². The van der Waals surface area contributed by atoms with Gasteiger partial charge in [-0.1, -0.05) is 34.9 Å². The summed E-state index contributed by atoms with van der Waals surface area (Å²) in [7, 11) is 0. The molecule has 0 saturated heterocycles. The van der Waals surface area contributed by atoms with Crippen molar-refractivity contribution in [2.75, 3.05) is 0 Å². The molecule has 0 heterocycles. The zero-order chi connectivity index (χ0) is 6.85. The summed E-state index contributed by atoms with van der Waals surface area (Å²) in [5.41, 5.74) is 4.06. The summed E-state index contributed by atoms with van der Waals surface area (Å²) in [6.45, 7) is 6.38. The highest BCUT2D eigenvalue weighted by atomic mass is 19.0. The Balaban J connectivity index is 0.000000810. The molecule has 0 spiro atoms. The van der Waals surface area contributed by atoms with Crippen LogP contribution in [0.1, 0.15) is 16.7 Å². The molecule has 0 aromatic heterocycles. The van der Waals surface area contributed by atoms with Gasteiger partial charge in [-0.2, -0.15) is 0 Å². The van der Waals surface area contributed by atoms with Crippen LogP contribution in [0.5, 0.6) is 0 Å². The number of hydrogen-bond donors (Lipinski definition) is 0. The third kappa shape index (κ3) is 2.18. The minimum atomic E-state index is 0. The Labute approximate surface area is 61.3 Å². The molecule has 0 amide bonds. The third-order valence-electron chi connectivity index (χ3n) is 1.37. The molecular weight excluding hydrogens is 127 g/mol. The Hall–Kier alpha value is -0.850. The smallest absolute Gasteiger partial charge is 0.0398 e. The first-order valence-corrected chi connectivity index (χ1v) is 3.23. The van der Waals surface area contributed by atoms with Gasteiger partial charge in [0.1, 0.15) is 0 Å². The van der Waals surface area contributed by atoms with Crippen molar-refractivity contribution in [2.24, 2.45) is 0 Å². The molecule has 1 heteroatoms. The summed E-state index contributed by atoms with van der Waals surface area (Å²) < 4.78 is 0. The lowest BCUT2D eigenvalue weighted by Crippen LogP contribution is -1.78. The SMILES string of the molecule is Cc1cc(C)cc(C)c1.F. The first-order valence-electron chi connectivity index (χ1n) is 3.23. The normalized spacial score (nSPS) is 8.70. The van der Waals surface area contributed by atoms with Crippen LogP contribution in [0.2, 0.25) is 0 Å². The topological polar surface area (TPSA) is 0 Å². The predicted octanol–water partition coefficient (Wildman–Crippen LogP) is 2.76. The molecule has 0 radical (unpaired) electrons. The number of benzene rings is 1. The van der Waals surface area contributed by atoms with E-state index in [1.54, 1.807) is 0 Å². The Morgan fingerprint density at radius 3 is 1.10 bits per heavy atom. The van der Waals surface area contributed by atoms with Crippen molar-refractivity contribution in [1.82, 2.24) is 0 Å². The minimum Gasteiger partial charge on any atom is -0.269 e. The van der Waals surface area contributed by atoms with Crippen LogP contribution in [-0.2, 0) is 0 Å². The van der Waals surface area contributed by atoms with Crippen molar-refractivity contribution in [2.45, 2.75) is 20.8 Å². The van der Waals surface area contributed by atoms with Gasteiger partial charge in [0.25, 0.3) is 0 Å². The second-order valence-corrected chi connectivity index (χ2v) is 2.67. The molecule has 0 bridgehead atoms. The van der Waals surface area contributed by atoms with Gasteiger partial charge >= 0.3 is 0 Å². The molecule has 0 nitrogen and oxygen atoms in total. The molecule has 10 heavy (non-hydrogen) atoms. The zero-order valence-electron chi connectivity index (χ0n) is 6.64. The summed E-state index contributed by atoms with van der Waals surface area (Å²) in [4.78, 5) is 0. The molecule has 56 valence electrons. The van der Waals surface area contributed by atoms with E-state index in [1.807, 2.05) is 0 Å². The molecule has 0 aliphatic carbocycles. The van der Waals surface area contributed by atoms with E-state index in [4.69, 9.17) is 0 Å². The largest absolute Gasteiger partial charge is 0.269 e. The highest BCUT2D eigenvalue weighted by molar-refractivity contribution is 5.27. The third-order valence-corrected chi connectivity index (χ3v) is 1.37. The first-order chi connectivity index (χ1) is 4.18. The fraction of sp³-hybridized carbons (Fsp3) is 0.333. The first kappa shape index (κ1) is 9.15. The minimum absolute atomic E-state index is 0. The number of hydrogen-bond acceptors (Lipinski definition) is 0. The molecule has 0 atom stereocenters. The fourth-order valence-corrected chi connectivity index (χ4v) is 1.20. The Kier molecular flexibility index (Phi) is 3.07. The molecule has 0 aliphatic heterocycles. The molecule has 1 aromatic carbocycles. The van der Waals surface area contributed by atoms with E-state index in [0.29, 0.717) is 0 Å². The Bertz CT molecular complexity index is 165. The zero-order valence-corrected chi connectivity index (χ0v) is 6.64. The van der Waals surface area contributed by atoms with Crippen LogP contribution in [0.3, 0.4) is 0 Å². The van der Waals surface area contributed by atoms with Gasteiger partial charge in [0.15, 0.2) is 0 Å². The molecule has 1 rings (SSSR count). The van der Waals surface area contributed by atoms with Crippen molar-refractivity contribution < 1.29 is 4.70 Å². The summed E-state index contributed by atoms with van der Waals surface area (Å²) in [5.74, 6) is 0. The van der Waals surface area contributed by atoms with Crippen LogP contribution in [0.15, 0.2) is 18.2 Å². The van der Waals surface area contributed by atoms with Gasteiger partial charge in [-0.3, -0.25) is 4.70 Å². The van der Waals surface area contributed by atoms with E-state index in [0.717, 1.165) is 0 Å². The molecule has 0 unspecified atom stereocenters. The van der Waals surface area contributed by atoms with Crippen LogP contribution < -0.4 is 0 Å². The number of halogens is 1. The highest BCUT2D eigenvalue weighted by Crippen LogP contribution is 2.06. The maximum atomic E-state index is 2.19. The van der Waals surface area contributed by atoms with Gasteiger partial charge in [-0.25, -0.2) is 0 Å². The van der Waals surface area contributed by atoms with Crippen molar-refractivity contribution in [3.05, 3.63) is 34.9 Å². The van der Waals surface area contributed by atoms with Crippen LogP contribution in [0.25, 0.3) is 0 Å². The molecule has 0 fully saturated rings. The molecular formula is C9H13F. The average Bonchev–Trinajstić information content (AvgIpc) is 1.59. The van der Waals surface area contributed by atoms with Gasteiger partial charge in [-0.15, -0.1) is 0 Å². The maximum Gasteiger partial charge on any atom is -0.0398 e. The van der Waals surface area contributed by atoms with Crippen molar-refractivity contribution in [3.63, 3.8) is 0 Å². The molecule has 0 N–H and O–H groups in total. The van der Waals surface area contributed by atoms with Gasteiger partial charge < -0.3 is 0 Å². The van der Waals surface area contributed by atoms with Gasteiger partial charge in [0, 0.05) is 0 Å². The van der Waals surface area contributed by atoms with Gasteiger partial charge in [-0.05, 0) is 20.8 Å². The monoisotopic (exact) mass is 140 g/mol. The summed E-state index contributed by atoms with van der Waals surface area (Å²) in [5, 5.41) is 0. The maximum absolute atomic E-state index is 2.19. The Morgan fingerprint density at radius 2 is 0.900 bits per heavy atom. The second-order valence-electron chi connectivity index (χ2n) is 2.67. The van der Waals surface area contributed by atoms with E-state index in [9.17, 15) is 0 Å². The summed E-state index contributed by atoms with van der Waals surface area (Å²) >= 11 is 0. The number of rotatable bonds is 0. The van der Waals surface area contributed by atoms with E-state index in [-0.39, 0.29) is 4.70 Å². The van der Waals surface area contributed by atoms with Crippen molar-refractivity contribution >= 4 is 0 Å². The molecule has 0 saturated carbocycles. The average molecular weight is 140 g/mol. The van der Waals surface area contributed by atoms with Crippen molar-refractivity contribution in [3.8, 4) is 0 Å².